The molecule has 11 heteroatoms. The first-order valence-electron chi connectivity index (χ1n) is 15.0. The maximum Gasteiger partial charge on any atom is 0.258 e. The molecular weight excluding hydrogens is 586 g/mol. The monoisotopic (exact) mass is 623 g/mol. The third kappa shape index (κ3) is 7.49. The molecule has 0 unspecified atom stereocenters. The van der Waals surface area contributed by atoms with E-state index in [4.69, 9.17) is 20.9 Å². The molecule has 0 fully saturated rings. The molecule has 1 aliphatic rings. The van der Waals surface area contributed by atoms with E-state index in [2.05, 4.69) is 26.2 Å². The third-order valence-corrected chi connectivity index (χ3v) is 8.58. The molecule has 1 aliphatic carbocycles. The summed E-state index contributed by atoms with van der Waals surface area (Å²) in [4.78, 5) is 39.5. The zero-order valence-electron chi connectivity index (χ0n) is 26.0. The van der Waals surface area contributed by atoms with E-state index in [0.29, 0.717) is 57.4 Å². The lowest BCUT2D eigenvalue weighted by Crippen LogP contribution is -2.20. The highest BCUT2D eigenvalue weighted by Gasteiger charge is 2.29. The van der Waals surface area contributed by atoms with Crippen LogP contribution in [0.1, 0.15) is 80.1 Å². The summed E-state index contributed by atoms with van der Waals surface area (Å²) in [6.07, 6.45) is 9.10. The van der Waals surface area contributed by atoms with Crippen LogP contribution in [-0.2, 0) is 32.1 Å². The van der Waals surface area contributed by atoms with Crippen LogP contribution in [0.15, 0.2) is 53.2 Å². The average Bonchev–Trinajstić information content (AvgIpc) is 3.77. The highest BCUT2D eigenvalue weighted by molar-refractivity contribution is 7.17. The summed E-state index contributed by atoms with van der Waals surface area (Å²) >= 11 is 1.18. The summed E-state index contributed by atoms with van der Waals surface area (Å²) in [5.74, 6) is -0.348. The lowest BCUT2D eigenvalue weighted by molar-refractivity contribution is 0.0993. The maximum absolute atomic E-state index is 12.9. The van der Waals surface area contributed by atoms with Gasteiger partial charge in [0.2, 0.25) is 11.8 Å². The van der Waals surface area contributed by atoms with Crippen LogP contribution >= 0.6 is 11.3 Å². The molecule has 0 radical (unpaired) electrons. The number of rotatable bonds is 9. The van der Waals surface area contributed by atoms with E-state index in [0.717, 1.165) is 11.3 Å². The first-order chi connectivity index (χ1) is 21.6. The van der Waals surface area contributed by atoms with Gasteiger partial charge in [0.15, 0.2) is 0 Å². The Hall–Kier alpha value is -4.77. The van der Waals surface area contributed by atoms with Gasteiger partial charge in [0, 0.05) is 41.1 Å². The van der Waals surface area contributed by atoms with Gasteiger partial charge >= 0.3 is 0 Å². The van der Waals surface area contributed by atoms with E-state index in [1.807, 2.05) is 51.4 Å². The molecule has 0 saturated carbocycles. The molecular formula is C34H37N7O3S. The van der Waals surface area contributed by atoms with Crippen molar-refractivity contribution in [2.75, 3.05) is 0 Å². The highest BCUT2D eigenvalue weighted by atomic mass is 32.1. The van der Waals surface area contributed by atoms with Crippen molar-refractivity contribution in [2.45, 2.75) is 66.2 Å². The number of aromatic nitrogens is 5. The molecule has 5 heterocycles. The number of carbonyl (C=O) groups is 2. The van der Waals surface area contributed by atoms with E-state index >= 15 is 0 Å². The number of nitrogens with two attached hydrogens (primary N) is 2. The quantitative estimate of drug-likeness (QED) is 0.213. The molecule has 0 aromatic carbocycles. The summed E-state index contributed by atoms with van der Waals surface area (Å²) in [6.45, 7) is 7.78. The van der Waals surface area contributed by atoms with Crippen LogP contribution in [0.4, 0.5) is 0 Å². The smallest absolute Gasteiger partial charge is 0.258 e. The normalized spacial score (nSPS) is 12.1. The van der Waals surface area contributed by atoms with Crippen LogP contribution < -0.4 is 11.5 Å². The fourth-order valence-electron chi connectivity index (χ4n) is 5.41. The van der Waals surface area contributed by atoms with Gasteiger partial charge in [-0.3, -0.25) is 24.5 Å². The molecule has 0 spiro atoms. The molecule has 0 aliphatic heterocycles. The van der Waals surface area contributed by atoms with Gasteiger partial charge in [-0.25, -0.2) is 0 Å². The average molecular weight is 624 g/mol. The van der Waals surface area contributed by atoms with Gasteiger partial charge < -0.3 is 15.9 Å². The Morgan fingerprint density at radius 3 is 2.38 bits per heavy atom. The lowest BCUT2D eigenvalue weighted by Gasteiger charge is -2.19. The highest BCUT2D eigenvalue weighted by Crippen LogP contribution is 2.41. The van der Waals surface area contributed by atoms with E-state index in [1.165, 1.54) is 41.9 Å². The van der Waals surface area contributed by atoms with Crippen molar-refractivity contribution in [1.29, 1.82) is 0 Å². The van der Waals surface area contributed by atoms with Crippen molar-refractivity contribution in [2.24, 2.45) is 17.4 Å². The lowest BCUT2D eigenvalue weighted by atomic mass is 9.91. The van der Waals surface area contributed by atoms with Gasteiger partial charge in [-0.05, 0) is 86.8 Å². The van der Waals surface area contributed by atoms with E-state index in [9.17, 15) is 9.59 Å². The number of hydrogen-bond donors (Lipinski definition) is 2. The molecule has 4 N–H and O–H groups in total. The minimum Gasteiger partial charge on any atom is -0.421 e. The second-order valence-electron chi connectivity index (χ2n) is 11.5. The second kappa shape index (κ2) is 13.9. The Labute approximate surface area is 266 Å². The van der Waals surface area contributed by atoms with Crippen LogP contribution in [0.5, 0.6) is 0 Å². The topological polar surface area (TPSA) is 164 Å². The standard InChI is InChI=1S/C26H28N6O3S.C8H9N/c1-13(2)11-18-21(25(28)34)23(19-9-10-20(36-19)24(27)33)22(26-32-31-15(4)35-26)17(30-18)8-7-16-6-5-14(3)12-29-16;1-3-7-4-2-6-9-8(7)5-1/h5-6,9-10,12-13H,7-8,11H2,1-4H3,(H2,27,33)(H2,28,34);2,4,6H,1,3,5H2. The van der Waals surface area contributed by atoms with Crippen molar-refractivity contribution >= 4 is 23.2 Å². The molecule has 0 bridgehead atoms. The van der Waals surface area contributed by atoms with Crippen LogP contribution in [0.25, 0.3) is 21.9 Å². The largest absolute Gasteiger partial charge is 0.421 e. The number of primary amides is 2. The summed E-state index contributed by atoms with van der Waals surface area (Å²) in [5, 5.41) is 8.25. The van der Waals surface area contributed by atoms with E-state index < -0.39 is 11.8 Å². The predicted octanol–water partition coefficient (Wildman–Crippen LogP) is 5.62. The fourth-order valence-corrected chi connectivity index (χ4v) is 6.33. The van der Waals surface area contributed by atoms with Crippen molar-refractivity contribution in [1.82, 2.24) is 25.1 Å². The molecule has 0 saturated heterocycles. The Bertz CT molecular complexity index is 1800. The van der Waals surface area contributed by atoms with Gasteiger partial charge in [-0.15, -0.1) is 21.5 Å². The summed E-state index contributed by atoms with van der Waals surface area (Å²) in [6, 6.07) is 11.6. The summed E-state index contributed by atoms with van der Waals surface area (Å²) in [7, 11) is 0. The first kappa shape index (κ1) is 31.6. The van der Waals surface area contributed by atoms with Gasteiger partial charge in [0.25, 0.3) is 11.8 Å². The zero-order valence-corrected chi connectivity index (χ0v) is 26.8. The molecule has 232 valence electrons. The number of aryl methyl sites for hydroxylation is 6. The Balaban J connectivity index is 0.000000377. The second-order valence-corrected chi connectivity index (χ2v) is 12.6. The van der Waals surface area contributed by atoms with Crippen LogP contribution in [0, 0.1) is 19.8 Å². The minimum atomic E-state index is -0.619. The number of nitrogens with zero attached hydrogens (tertiary/aromatic N) is 5. The Kier molecular flexibility index (Phi) is 9.77. The molecule has 5 aromatic heterocycles. The Morgan fingerprint density at radius 2 is 1.76 bits per heavy atom. The molecule has 0 atom stereocenters. The van der Waals surface area contributed by atoms with Crippen molar-refractivity contribution in [3.05, 3.63) is 99.0 Å². The number of fused-ring (bicyclic) bond motifs is 1. The van der Waals surface area contributed by atoms with Crippen LogP contribution in [-0.4, -0.2) is 37.0 Å². The molecule has 45 heavy (non-hydrogen) atoms. The Morgan fingerprint density at radius 1 is 0.933 bits per heavy atom. The number of amides is 2. The summed E-state index contributed by atoms with van der Waals surface area (Å²) < 4.78 is 5.83. The first-order valence-corrected chi connectivity index (χ1v) is 15.8. The molecule has 5 aromatic rings. The maximum atomic E-state index is 12.9. The SMILES string of the molecule is Cc1ccc(CCc2nc(CC(C)C)c(C(N)=O)c(-c3ccc(C(N)=O)s3)c2-c2nnc(C)o2)nc1.c1cnc2c(c1)CCC2. The predicted molar refractivity (Wildman–Crippen MR) is 174 cm³/mol. The van der Waals surface area contributed by atoms with Crippen molar-refractivity contribution in [3.8, 4) is 21.9 Å². The van der Waals surface area contributed by atoms with Crippen molar-refractivity contribution < 1.29 is 14.0 Å². The molecule has 2 amide bonds. The number of hydrogen-bond acceptors (Lipinski definition) is 9. The van der Waals surface area contributed by atoms with E-state index in [-0.39, 0.29) is 17.4 Å². The fraction of sp³-hybridized carbons (Fsp3) is 0.324. The number of carbonyl (C=O) groups excluding carboxylic acids is 2. The molecule has 6 rings (SSSR count). The van der Waals surface area contributed by atoms with Gasteiger partial charge in [0.1, 0.15) is 0 Å². The van der Waals surface area contributed by atoms with Crippen LogP contribution in [0.2, 0.25) is 0 Å². The third-order valence-electron chi connectivity index (χ3n) is 7.46. The number of pyridine rings is 3. The number of thiophene rings is 1. The van der Waals surface area contributed by atoms with Gasteiger partial charge in [-0.1, -0.05) is 26.0 Å². The summed E-state index contributed by atoms with van der Waals surface area (Å²) in [5.41, 5.74) is 18.8. The van der Waals surface area contributed by atoms with Crippen LogP contribution in [0.3, 0.4) is 0 Å². The van der Waals surface area contributed by atoms with Crippen molar-refractivity contribution in [3.63, 3.8) is 0 Å². The molecule has 10 nitrogen and oxygen atoms in total. The van der Waals surface area contributed by atoms with Gasteiger partial charge in [-0.2, -0.15) is 0 Å². The van der Waals surface area contributed by atoms with Gasteiger partial charge in [0.05, 0.1) is 27.4 Å². The minimum absolute atomic E-state index is 0.219. The zero-order chi connectivity index (χ0) is 32.1. The van der Waals surface area contributed by atoms with E-state index in [1.54, 1.807) is 19.1 Å².